The summed E-state index contributed by atoms with van der Waals surface area (Å²) >= 11 is 5.90. The molecule has 1 aromatic heterocycles. The zero-order valence-corrected chi connectivity index (χ0v) is 13.9. The number of hydrogen-bond acceptors (Lipinski definition) is 2. The lowest BCUT2D eigenvalue weighted by Gasteiger charge is -2.12. The largest absolute Gasteiger partial charge is 0.438 e. The van der Waals surface area contributed by atoms with E-state index in [-0.39, 0.29) is 16.5 Å². The van der Waals surface area contributed by atoms with Gasteiger partial charge in [0.15, 0.2) is 0 Å². The Morgan fingerprint density at radius 1 is 1.18 bits per heavy atom. The van der Waals surface area contributed by atoms with Crippen LogP contribution >= 0.6 is 11.6 Å². The summed E-state index contributed by atoms with van der Waals surface area (Å²) in [5.41, 5.74) is 0.848. The highest BCUT2D eigenvalue weighted by Gasteiger charge is 2.25. The van der Waals surface area contributed by atoms with E-state index in [1.54, 1.807) is 12.1 Å². The molecular formula is C17H20ClF2NO. The molecule has 5 heteroatoms. The van der Waals surface area contributed by atoms with Crippen LogP contribution in [0.15, 0.2) is 36.5 Å². The first-order valence-electron chi connectivity index (χ1n) is 7.06. The van der Waals surface area contributed by atoms with Crippen molar-refractivity contribution in [2.75, 3.05) is 0 Å². The monoisotopic (exact) mass is 327 g/mol. The number of pyridine rings is 1. The summed E-state index contributed by atoms with van der Waals surface area (Å²) in [6, 6.07) is 8.43. The number of rotatable bonds is 3. The van der Waals surface area contributed by atoms with Crippen molar-refractivity contribution in [3.63, 3.8) is 0 Å². The van der Waals surface area contributed by atoms with Crippen LogP contribution in [-0.2, 0) is 5.92 Å². The average Bonchev–Trinajstić information content (AvgIpc) is 2.43. The van der Waals surface area contributed by atoms with Crippen molar-refractivity contribution in [2.45, 2.75) is 40.0 Å². The summed E-state index contributed by atoms with van der Waals surface area (Å²) in [5.74, 6) is -2.31. The van der Waals surface area contributed by atoms with E-state index in [1.807, 2.05) is 19.1 Å². The number of aryl methyl sites for hydroxylation is 1. The van der Waals surface area contributed by atoms with Gasteiger partial charge in [-0.15, -0.1) is 0 Å². The Morgan fingerprint density at radius 3 is 2.18 bits per heavy atom. The Morgan fingerprint density at radius 2 is 1.73 bits per heavy atom. The smallest absolute Gasteiger partial charge is 0.272 e. The Hall–Kier alpha value is -1.68. The molecule has 0 spiro atoms. The summed E-state index contributed by atoms with van der Waals surface area (Å²) in [6.07, 6.45) is 2.31. The van der Waals surface area contributed by atoms with Crippen LogP contribution in [-0.4, -0.2) is 4.98 Å². The summed E-state index contributed by atoms with van der Waals surface area (Å²) in [4.78, 5) is 3.83. The van der Waals surface area contributed by atoms with Gasteiger partial charge in [0.1, 0.15) is 10.8 Å². The molecule has 0 atom stereocenters. The Bertz CT molecular complexity index is 595. The van der Waals surface area contributed by atoms with E-state index in [0.29, 0.717) is 5.75 Å². The molecule has 0 amide bonds. The number of alkyl halides is 2. The average molecular weight is 328 g/mol. The van der Waals surface area contributed by atoms with Crippen LogP contribution in [0.4, 0.5) is 8.78 Å². The molecule has 1 heterocycles. The van der Waals surface area contributed by atoms with Gasteiger partial charge in [0.25, 0.3) is 5.92 Å². The number of aromatic nitrogens is 1. The lowest BCUT2D eigenvalue weighted by atomic mass is 10.2. The molecular weight excluding hydrogens is 308 g/mol. The summed E-state index contributed by atoms with van der Waals surface area (Å²) in [6.45, 7) is 6.99. The van der Waals surface area contributed by atoms with E-state index in [1.165, 1.54) is 6.42 Å². The third-order valence-electron chi connectivity index (χ3n) is 2.55. The van der Waals surface area contributed by atoms with E-state index < -0.39 is 5.92 Å². The lowest BCUT2D eigenvalue weighted by molar-refractivity contribution is 0.0171. The zero-order valence-electron chi connectivity index (χ0n) is 13.2. The zero-order chi connectivity index (χ0) is 16.8. The molecule has 0 bridgehead atoms. The molecule has 22 heavy (non-hydrogen) atoms. The summed E-state index contributed by atoms with van der Waals surface area (Å²) in [5, 5.41) is 0.0552. The molecule has 2 nitrogen and oxygen atoms in total. The van der Waals surface area contributed by atoms with Gasteiger partial charge >= 0.3 is 0 Å². The molecule has 120 valence electrons. The van der Waals surface area contributed by atoms with Crippen LogP contribution in [0.5, 0.6) is 11.6 Å². The van der Waals surface area contributed by atoms with Crippen LogP contribution in [0.1, 0.15) is 38.3 Å². The quantitative estimate of drug-likeness (QED) is 0.654. The SMILES string of the molecule is CCC.Cc1ccc(Oc2ncc(C(C)(F)F)cc2Cl)cc1. The van der Waals surface area contributed by atoms with Crippen LogP contribution in [0.2, 0.25) is 5.02 Å². The Kier molecular flexibility index (Phi) is 6.75. The molecule has 0 saturated heterocycles. The van der Waals surface area contributed by atoms with Gasteiger partial charge < -0.3 is 4.74 Å². The molecule has 0 aliphatic rings. The maximum absolute atomic E-state index is 13.1. The fourth-order valence-corrected chi connectivity index (χ4v) is 1.66. The number of ether oxygens (including phenoxy) is 1. The highest BCUT2D eigenvalue weighted by atomic mass is 35.5. The molecule has 0 fully saturated rings. The van der Waals surface area contributed by atoms with Gasteiger partial charge in [0.2, 0.25) is 5.88 Å². The molecule has 0 aliphatic heterocycles. The van der Waals surface area contributed by atoms with Crippen LogP contribution in [0.25, 0.3) is 0 Å². The van der Waals surface area contributed by atoms with Crippen molar-refractivity contribution in [3.8, 4) is 11.6 Å². The minimum Gasteiger partial charge on any atom is -0.438 e. The minimum absolute atomic E-state index is 0.0552. The van der Waals surface area contributed by atoms with Crippen LogP contribution in [0, 0.1) is 6.92 Å². The molecule has 0 saturated carbocycles. The van der Waals surface area contributed by atoms with Gasteiger partial charge in [-0.1, -0.05) is 49.6 Å². The van der Waals surface area contributed by atoms with Gasteiger partial charge in [-0.3, -0.25) is 0 Å². The van der Waals surface area contributed by atoms with E-state index in [4.69, 9.17) is 16.3 Å². The molecule has 0 radical (unpaired) electrons. The number of hydrogen-bond donors (Lipinski definition) is 0. The molecule has 1 aromatic carbocycles. The van der Waals surface area contributed by atoms with E-state index in [2.05, 4.69) is 18.8 Å². The van der Waals surface area contributed by atoms with Gasteiger partial charge in [-0.2, -0.15) is 0 Å². The number of halogens is 3. The second-order valence-corrected chi connectivity index (χ2v) is 5.43. The van der Waals surface area contributed by atoms with E-state index >= 15 is 0 Å². The first kappa shape index (κ1) is 18.4. The summed E-state index contributed by atoms with van der Waals surface area (Å²) < 4.78 is 31.6. The van der Waals surface area contributed by atoms with Crippen molar-refractivity contribution in [3.05, 3.63) is 52.7 Å². The van der Waals surface area contributed by atoms with Crippen LogP contribution < -0.4 is 4.74 Å². The topological polar surface area (TPSA) is 22.1 Å². The summed E-state index contributed by atoms with van der Waals surface area (Å²) in [7, 11) is 0. The van der Waals surface area contributed by atoms with Gasteiger partial charge in [-0.25, -0.2) is 13.8 Å². The predicted octanol–water partition coefficient (Wildman–Crippen LogP) is 6.36. The van der Waals surface area contributed by atoms with Gasteiger partial charge in [0.05, 0.1) is 0 Å². The van der Waals surface area contributed by atoms with Crippen molar-refractivity contribution in [1.82, 2.24) is 4.98 Å². The molecule has 0 N–H and O–H groups in total. The van der Waals surface area contributed by atoms with Crippen molar-refractivity contribution in [1.29, 1.82) is 0 Å². The standard InChI is InChI=1S/C14H12ClF2NO.C3H8/c1-9-3-5-11(6-4-9)19-13-12(15)7-10(8-18-13)14(2,16)17;1-3-2/h3-8H,1-2H3;3H2,1-2H3. The molecule has 0 aliphatic carbocycles. The van der Waals surface area contributed by atoms with E-state index in [9.17, 15) is 8.78 Å². The number of benzene rings is 1. The lowest BCUT2D eigenvalue weighted by Crippen LogP contribution is -2.07. The van der Waals surface area contributed by atoms with Gasteiger partial charge in [-0.05, 0) is 25.1 Å². The van der Waals surface area contributed by atoms with Crippen molar-refractivity contribution in [2.24, 2.45) is 0 Å². The third kappa shape index (κ3) is 5.60. The highest BCUT2D eigenvalue weighted by Crippen LogP contribution is 2.33. The first-order chi connectivity index (χ1) is 10.3. The Labute approximate surface area is 135 Å². The predicted molar refractivity (Wildman–Crippen MR) is 86.0 cm³/mol. The van der Waals surface area contributed by atoms with Crippen molar-refractivity contribution >= 4 is 11.6 Å². The molecule has 2 aromatic rings. The second kappa shape index (κ2) is 8.08. The van der Waals surface area contributed by atoms with Crippen molar-refractivity contribution < 1.29 is 13.5 Å². The second-order valence-electron chi connectivity index (χ2n) is 5.02. The maximum atomic E-state index is 13.1. The molecule has 0 unspecified atom stereocenters. The fourth-order valence-electron chi connectivity index (χ4n) is 1.46. The first-order valence-corrected chi connectivity index (χ1v) is 7.44. The fraction of sp³-hybridized carbons (Fsp3) is 0.353. The number of nitrogens with zero attached hydrogens (tertiary/aromatic N) is 1. The van der Waals surface area contributed by atoms with Crippen LogP contribution in [0.3, 0.4) is 0 Å². The minimum atomic E-state index is -2.97. The maximum Gasteiger partial charge on any atom is 0.272 e. The highest BCUT2D eigenvalue weighted by molar-refractivity contribution is 6.31. The molecule has 2 rings (SSSR count). The van der Waals surface area contributed by atoms with Gasteiger partial charge in [0, 0.05) is 18.7 Å². The third-order valence-corrected chi connectivity index (χ3v) is 2.82. The normalized spacial score (nSPS) is 10.7. The Balaban J connectivity index is 0.000000745. The van der Waals surface area contributed by atoms with E-state index in [0.717, 1.165) is 24.8 Å².